The molecule has 0 saturated carbocycles. The maximum Gasteiger partial charge on any atom is 0.417 e. The highest BCUT2D eigenvalue weighted by Gasteiger charge is 2.43. The van der Waals surface area contributed by atoms with Gasteiger partial charge in [-0.25, -0.2) is 4.79 Å². The van der Waals surface area contributed by atoms with Gasteiger partial charge in [-0.2, -0.15) is 26.3 Å². The minimum Gasteiger partial charge on any atom is -0.454 e. The Hall–Kier alpha value is -3.94. The maximum absolute atomic E-state index is 13.6. The molecule has 0 aliphatic rings. The molecule has 0 fully saturated rings. The average molecular weight is 730 g/mol. The first kappa shape index (κ1) is 43.2. The zero-order chi connectivity index (χ0) is 37.9. The van der Waals surface area contributed by atoms with Gasteiger partial charge in [0.1, 0.15) is 6.04 Å². The Labute approximate surface area is 295 Å². The van der Waals surface area contributed by atoms with Crippen molar-refractivity contribution in [3.8, 4) is 0 Å². The third-order valence-corrected chi connectivity index (χ3v) is 8.32. The fourth-order valence-corrected chi connectivity index (χ4v) is 5.55. The van der Waals surface area contributed by atoms with E-state index >= 15 is 0 Å². The lowest BCUT2D eigenvalue weighted by Crippen LogP contribution is -2.53. The van der Waals surface area contributed by atoms with Crippen molar-refractivity contribution in [1.29, 1.82) is 0 Å². The van der Waals surface area contributed by atoms with Crippen molar-refractivity contribution in [2.45, 2.75) is 121 Å². The van der Waals surface area contributed by atoms with E-state index in [4.69, 9.17) is 10.5 Å². The molecule has 8 nitrogen and oxygen atoms in total. The number of ketones is 1. The molecule has 2 aromatic rings. The van der Waals surface area contributed by atoms with Gasteiger partial charge in [0.05, 0.1) is 22.7 Å². The van der Waals surface area contributed by atoms with Crippen molar-refractivity contribution < 1.29 is 50.3 Å². The Morgan fingerprint density at radius 2 is 1.27 bits per heavy atom. The Balaban J connectivity index is 2.15. The summed E-state index contributed by atoms with van der Waals surface area (Å²) in [7, 11) is 0. The van der Waals surface area contributed by atoms with Gasteiger partial charge in [0, 0.05) is 12.8 Å². The second-order valence-corrected chi connectivity index (χ2v) is 12.5. The van der Waals surface area contributed by atoms with E-state index in [-0.39, 0.29) is 31.7 Å². The number of alkyl halides is 6. The van der Waals surface area contributed by atoms with Crippen LogP contribution in [0.3, 0.4) is 0 Å². The van der Waals surface area contributed by atoms with Crippen LogP contribution in [0.1, 0.15) is 117 Å². The average Bonchev–Trinajstić information content (AvgIpc) is 3.08. The molecular formula is C37H49F6N3O5. The molecule has 0 saturated heterocycles. The largest absolute Gasteiger partial charge is 0.454 e. The van der Waals surface area contributed by atoms with Crippen LogP contribution in [0.2, 0.25) is 0 Å². The highest BCUT2D eigenvalue weighted by Crippen LogP contribution is 2.39. The number of unbranched alkanes of at least 4 members (excludes halogenated alkanes) is 9. The first-order valence-corrected chi connectivity index (χ1v) is 17.5. The molecule has 51 heavy (non-hydrogen) atoms. The quantitative estimate of drug-likeness (QED) is 0.0611. The van der Waals surface area contributed by atoms with Crippen LogP contribution in [0.4, 0.5) is 26.3 Å². The van der Waals surface area contributed by atoms with Gasteiger partial charge in [0.25, 0.3) is 0 Å². The number of carbonyl (C=O) groups excluding carboxylic acids is 4. The zero-order valence-electron chi connectivity index (χ0n) is 29.0. The van der Waals surface area contributed by atoms with E-state index < -0.39 is 65.4 Å². The molecule has 0 bridgehead atoms. The Bertz CT molecular complexity index is 1350. The second-order valence-electron chi connectivity index (χ2n) is 12.5. The molecule has 0 aliphatic heterocycles. The number of nitrogens with two attached hydrogens (primary N) is 1. The van der Waals surface area contributed by atoms with Gasteiger partial charge in [-0.05, 0) is 49.9 Å². The molecule has 0 aliphatic carbocycles. The van der Waals surface area contributed by atoms with Gasteiger partial charge in [-0.3, -0.25) is 14.4 Å². The van der Waals surface area contributed by atoms with E-state index in [9.17, 15) is 45.5 Å². The maximum atomic E-state index is 13.6. The summed E-state index contributed by atoms with van der Waals surface area (Å²) in [6.07, 6.45) is -0.185. The molecule has 0 unspecified atom stereocenters. The Morgan fingerprint density at radius 1 is 0.706 bits per heavy atom. The molecule has 2 rings (SSSR count). The summed E-state index contributed by atoms with van der Waals surface area (Å²) in [5.41, 5.74) is 0.760. The van der Waals surface area contributed by atoms with E-state index in [2.05, 4.69) is 17.6 Å². The second kappa shape index (κ2) is 22.1. The number of Topliss-reactive ketones (excluding diaryl/α,β-unsaturated/α-hetero) is 1. The Kier molecular flexibility index (Phi) is 18.7. The number of esters is 1. The molecule has 0 radical (unpaired) electrons. The van der Waals surface area contributed by atoms with E-state index in [1.165, 1.54) is 25.7 Å². The molecule has 0 spiro atoms. The minimum atomic E-state index is -5.33. The van der Waals surface area contributed by atoms with Gasteiger partial charge in [0.2, 0.25) is 11.8 Å². The summed E-state index contributed by atoms with van der Waals surface area (Å²) in [6, 6.07) is 7.46. The smallest absolute Gasteiger partial charge is 0.417 e. The lowest BCUT2D eigenvalue weighted by molar-refractivity contribution is -0.144. The summed E-state index contributed by atoms with van der Waals surface area (Å²) in [6.45, 7) is 1.18. The van der Waals surface area contributed by atoms with Crippen LogP contribution in [0.25, 0.3) is 0 Å². The van der Waals surface area contributed by atoms with Crippen LogP contribution in [0, 0.1) is 0 Å². The number of hydrogen-bond donors (Lipinski definition) is 3. The van der Waals surface area contributed by atoms with Crippen molar-refractivity contribution in [2.75, 3.05) is 13.2 Å². The SMILES string of the molecule is CCCCCCCCCCCC(=O)N[C@@H](Cc1ccccc1)C(=O)N[C@@H](CCCCN)C(=O)COC(=O)c1c(C(F)(F)F)cccc1C(F)(F)F. The number of amides is 2. The molecule has 2 atom stereocenters. The van der Waals surface area contributed by atoms with Crippen LogP contribution in [0.15, 0.2) is 48.5 Å². The normalized spacial score (nSPS) is 12.9. The molecule has 0 heterocycles. The molecule has 4 N–H and O–H groups in total. The number of halogens is 6. The first-order valence-electron chi connectivity index (χ1n) is 17.5. The summed E-state index contributed by atoms with van der Waals surface area (Å²) in [4.78, 5) is 52.4. The predicted octanol–water partition coefficient (Wildman–Crippen LogP) is 7.71. The van der Waals surface area contributed by atoms with E-state index in [0.717, 1.165) is 25.7 Å². The van der Waals surface area contributed by atoms with Crippen LogP contribution < -0.4 is 16.4 Å². The van der Waals surface area contributed by atoms with Crippen molar-refractivity contribution in [3.05, 3.63) is 70.8 Å². The first-order chi connectivity index (χ1) is 24.2. The van der Waals surface area contributed by atoms with Crippen LogP contribution in [-0.2, 0) is 37.9 Å². The highest BCUT2D eigenvalue weighted by atomic mass is 19.4. The van der Waals surface area contributed by atoms with Crippen molar-refractivity contribution in [1.82, 2.24) is 10.6 Å². The number of hydrogen-bond acceptors (Lipinski definition) is 6. The van der Waals surface area contributed by atoms with Crippen LogP contribution >= 0.6 is 0 Å². The molecule has 2 amide bonds. The van der Waals surface area contributed by atoms with Gasteiger partial charge in [0.15, 0.2) is 12.4 Å². The van der Waals surface area contributed by atoms with Crippen LogP contribution in [-0.4, -0.2) is 48.8 Å². The summed E-state index contributed by atoms with van der Waals surface area (Å²) < 4.78 is 86.2. The number of nitrogens with one attached hydrogen (secondary N) is 2. The van der Waals surface area contributed by atoms with Gasteiger partial charge in [-0.1, -0.05) is 94.7 Å². The number of benzene rings is 2. The van der Waals surface area contributed by atoms with Crippen molar-refractivity contribution in [2.24, 2.45) is 5.73 Å². The number of ether oxygens (including phenoxy) is 1. The number of rotatable bonds is 23. The Morgan fingerprint density at radius 3 is 1.82 bits per heavy atom. The van der Waals surface area contributed by atoms with Crippen molar-refractivity contribution in [3.63, 3.8) is 0 Å². The van der Waals surface area contributed by atoms with Gasteiger partial charge < -0.3 is 21.1 Å². The van der Waals surface area contributed by atoms with E-state index in [0.29, 0.717) is 43.0 Å². The van der Waals surface area contributed by atoms with Crippen molar-refractivity contribution >= 4 is 23.6 Å². The number of carbonyl (C=O) groups is 4. The minimum absolute atomic E-state index is 0.0172. The van der Waals surface area contributed by atoms with Crippen LogP contribution in [0.5, 0.6) is 0 Å². The lowest BCUT2D eigenvalue weighted by Gasteiger charge is -2.23. The van der Waals surface area contributed by atoms with E-state index in [1.54, 1.807) is 30.3 Å². The van der Waals surface area contributed by atoms with E-state index in [1.807, 2.05) is 0 Å². The predicted molar refractivity (Wildman–Crippen MR) is 180 cm³/mol. The summed E-state index contributed by atoms with van der Waals surface area (Å²) in [5.74, 6) is -4.07. The molecule has 0 aromatic heterocycles. The zero-order valence-corrected chi connectivity index (χ0v) is 29.0. The molecular weight excluding hydrogens is 680 g/mol. The standard InChI is InChI=1S/C37H49F6N3O5/c1-2-3-4-5-6-7-8-9-13-22-32(48)45-30(24-26-17-11-10-12-18-26)34(49)46-29(21-14-15-23-44)31(47)25-51-35(50)33-27(36(38,39)40)19-16-20-28(33)37(41,42)43/h10-12,16-20,29-30H,2-9,13-15,21-25,44H2,1H3,(H,45,48)(H,46,49)/t29-,30-/m0/s1. The van der Waals surface area contributed by atoms with Gasteiger partial charge in [-0.15, -0.1) is 0 Å². The third-order valence-electron chi connectivity index (χ3n) is 8.32. The molecule has 14 heteroatoms. The third kappa shape index (κ3) is 15.9. The fraction of sp³-hybridized carbons (Fsp3) is 0.568. The summed E-state index contributed by atoms with van der Waals surface area (Å²) in [5, 5.41) is 5.28. The topological polar surface area (TPSA) is 128 Å². The summed E-state index contributed by atoms with van der Waals surface area (Å²) >= 11 is 0. The highest BCUT2D eigenvalue weighted by molar-refractivity contribution is 5.97. The lowest BCUT2D eigenvalue weighted by atomic mass is 10.00. The fourth-order valence-electron chi connectivity index (χ4n) is 5.55. The van der Waals surface area contributed by atoms with Gasteiger partial charge >= 0.3 is 18.3 Å². The molecule has 284 valence electrons. The molecule has 2 aromatic carbocycles. The monoisotopic (exact) mass is 729 g/mol.